The first-order chi connectivity index (χ1) is 13.0. The van der Waals surface area contributed by atoms with Crippen LogP contribution in [0, 0.1) is 5.82 Å². The topological polar surface area (TPSA) is 66.6 Å². The Bertz CT molecular complexity index is 771. The molecule has 1 saturated heterocycles. The summed E-state index contributed by atoms with van der Waals surface area (Å²) in [7, 11) is 0. The van der Waals surface area contributed by atoms with Gasteiger partial charge in [-0.2, -0.15) is 0 Å². The molecule has 0 unspecified atom stereocenters. The molecule has 2 aromatic rings. The molecule has 27 heavy (non-hydrogen) atoms. The van der Waals surface area contributed by atoms with Gasteiger partial charge in [-0.25, -0.2) is 4.39 Å². The van der Waals surface area contributed by atoms with Crippen molar-refractivity contribution < 1.29 is 14.3 Å². The summed E-state index contributed by atoms with van der Waals surface area (Å²) in [4.78, 5) is 14.6. The van der Waals surface area contributed by atoms with Gasteiger partial charge in [-0.1, -0.05) is 30.3 Å². The number of benzene rings is 2. The Labute approximate surface area is 159 Å². The van der Waals surface area contributed by atoms with Gasteiger partial charge in [-0.05, 0) is 49.6 Å². The second kappa shape index (κ2) is 8.63. The van der Waals surface area contributed by atoms with Crippen molar-refractivity contribution in [2.45, 2.75) is 37.7 Å². The lowest BCUT2D eigenvalue weighted by Crippen LogP contribution is -2.45. The van der Waals surface area contributed by atoms with Crippen molar-refractivity contribution in [3.63, 3.8) is 0 Å². The zero-order chi connectivity index (χ0) is 19.3. The summed E-state index contributed by atoms with van der Waals surface area (Å²) in [6, 6.07) is 14.0. The summed E-state index contributed by atoms with van der Waals surface area (Å²) in [5, 5.41) is 10.8. The molecule has 4 nitrogen and oxygen atoms in total. The van der Waals surface area contributed by atoms with Gasteiger partial charge in [0.2, 0.25) is 0 Å². The Morgan fingerprint density at radius 3 is 2.52 bits per heavy atom. The molecule has 0 amide bonds. The van der Waals surface area contributed by atoms with Crippen molar-refractivity contribution >= 4 is 11.5 Å². The molecule has 3 N–H and O–H groups in total. The molecule has 1 aliphatic heterocycles. The molecule has 0 aromatic heterocycles. The molecular weight excluding hydrogens is 343 g/mol. The van der Waals surface area contributed by atoms with E-state index in [1.807, 2.05) is 18.2 Å². The zero-order valence-electron chi connectivity index (χ0n) is 15.5. The first kappa shape index (κ1) is 19.5. The molecule has 144 valence electrons. The second-order valence-electron chi connectivity index (χ2n) is 7.49. The first-order valence-corrected chi connectivity index (χ1v) is 9.52. The number of piperidine rings is 1. The minimum absolute atomic E-state index is 0.0508. The number of ketones is 1. The standard InChI is InChI=1S/C22H27FN2O2/c23-18-8-9-19(20(24)15-18)21(26)7-4-12-25-13-10-22(27,11-14-25)16-17-5-2-1-3-6-17/h1-3,5-6,8-9,15,27H,4,7,10-14,16,24H2. The summed E-state index contributed by atoms with van der Waals surface area (Å²) in [6.07, 6.45) is 3.28. The van der Waals surface area contributed by atoms with Crippen molar-refractivity contribution in [1.29, 1.82) is 0 Å². The van der Waals surface area contributed by atoms with Gasteiger partial charge in [0.15, 0.2) is 5.78 Å². The van der Waals surface area contributed by atoms with Crippen molar-refractivity contribution in [2.24, 2.45) is 0 Å². The van der Waals surface area contributed by atoms with Crippen LogP contribution in [0.1, 0.15) is 41.6 Å². The van der Waals surface area contributed by atoms with Gasteiger partial charge in [-0.3, -0.25) is 4.79 Å². The summed E-state index contributed by atoms with van der Waals surface area (Å²) in [5.74, 6) is -0.481. The van der Waals surface area contributed by atoms with E-state index in [9.17, 15) is 14.3 Å². The molecule has 0 saturated carbocycles. The van der Waals surface area contributed by atoms with E-state index < -0.39 is 11.4 Å². The normalized spacial score (nSPS) is 17.0. The number of hydrogen-bond acceptors (Lipinski definition) is 4. The van der Waals surface area contributed by atoms with Crippen molar-refractivity contribution in [1.82, 2.24) is 4.90 Å². The summed E-state index contributed by atoms with van der Waals surface area (Å²) < 4.78 is 13.1. The molecule has 3 rings (SSSR count). The fraction of sp³-hybridized carbons (Fsp3) is 0.409. The van der Waals surface area contributed by atoms with E-state index in [-0.39, 0.29) is 11.5 Å². The predicted molar refractivity (Wildman–Crippen MR) is 105 cm³/mol. The highest BCUT2D eigenvalue weighted by atomic mass is 19.1. The van der Waals surface area contributed by atoms with E-state index in [0.29, 0.717) is 18.4 Å². The summed E-state index contributed by atoms with van der Waals surface area (Å²) in [5.41, 5.74) is 6.84. The van der Waals surface area contributed by atoms with Gasteiger partial charge in [0.1, 0.15) is 5.82 Å². The number of anilines is 1. The lowest BCUT2D eigenvalue weighted by Gasteiger charge is -2.38. The Morgan fingerprint density at radius 2 is 1.85 bits per heavy atom. The fourth-order valence-corrected chi connectivity index (χ4v) is 3.73. The van der Waals surface area contributed by atoms with Crippen molar-refractivity contribution in [3.05, 3.63) is 65.5 Å². The third-order valence-electron chi connectivity index (χ3n) is 5.35. The lowest BCUT2D eigenvalue weighted by molar-refractivity contribution is -0.0207. The van der Waals surface area contributed by atoms with E-state index in [1.165, 1.54) is 18.2 Å². The number of nitrogen functional groups attached to an aromatic ring is 1. The summed E-state index contributed by atoms with van der Waals surface area (Å²) in [6.45, 7) is 2.47. The van der Waals surface area contributed by atoms with Crippen LogP contribution in [0.2, 0.25) is 0 Å². The molecular formula is C22H27FN2O2. The number of likely N-dealkylation sites (tertiary alicyclic amines) is 1. The van der Waals surface area contributed by atoms with E-state index >= 15 is 0 Å². The van der Waals surface area contributed by atoms with Crippen LogP contribution in [-0.4, -0.2) is 41.0 Å². The molecule has 1 heterocycles. The Morgan fingerprint density at radius 1 is 1.15 bits per heavy atom. The van der Waals surface area contributed by atoms with E-state index in [2.05, 4.69) is 17.0 Å². The van der Waals surface area contributed by atoms with Gasteiger partial charge in [0, 0.05) is 37.2 Å². The van der Waals surface area contributed by atoms with Gasteiger partial charge >= 0.3 is 0 Å². The number of carbonyl (C=O) groups excluding carboxylic acids is 1. The number of nitrogens with zero attached hydrogens (tertiary/aromatic N) is 1. The Kier molecular flexibility index (Phi) is 6.24. The number of rotatable bonds is 7. The number of aliphatic hydroxyl groups is 1. The van der Waals surface area contributed by atoms with Crippen LogP contribution in [0.25, 0.3) is 0 Å². The van der Waals surface area contributed by atoms with Crippen LogP contribution >= 0.6 is 0 Å². The largest absolute Gasteiger partial charge is 0.398 e. The first-order valence-electron chi connectivity index (χ1n) is 9.52. The Hall–Kier alpha value is -2.24. The lowest BCUT2D eigenvalue weighted by atomic mass is 9.85. The fourth-order valence-electron chi connectivity index (χ4n) is 3.73. The number of nitrogens with two attached hydrogens (primary N) is 1. The highest BCUT2D eigenvalue weighted by Crippen LogP contribution is 2.26. The van der Waals surface area contributed by atoms with Gasteiger partial charge in [0.05, 0.1) is 5.60 Å². The van der Waals surface area contributed by atoms with Crippen LogP contribution in [0.4, 0.5) is 10.1 Å². The molecule has 0 aliphatic carbocycles. The quantitative estimate of drug-likeness (QED) is 0.579. The molecule has 0 spiro atoms. The summed E-state index contributed by atoms with van der Waals surface area (Å²) >= 11 is 0. The Balaban J connectivity index is 1.42. The number of halogens is 1. The van der Waals surface area contributed by atoms with Gasteiger partial charge in [0.25, 0.3) is 0 Å². The maximum atomic E-state index is 13.1. The minimum atomic E-state index is -0.643. The third-order valence-corrected chi connectivity index (χ3v) is 5.35. The molecule has 0 bridgehead atoms. The van der Waals surface area contributed by atoms with E-state index in [1.54, 1.807) is 0 Å². The number of Topliss-reactive ketones (excluding diaryl/α,β-unsaturated/α-hetero) is 1. The zero-order valence-corrected chi connectivity index (χ0v) is 15.5. The molecule has 0 radical (unpaired) electrons. The number of carbonyl (C=O) groups is 1. The van der Waals surface area contributed by atoms with E-state index in [4.69, 9.17) is 5.73 Å². The van der Waals surface area contributed by atoms with Crippen LogP contribution in [0.5, 0.6) is 0 Å². The van der Waals surface area contributed by atoms with Crippen molar-refractivity contribution in [3.8, 4) is 0 Å². The highest BCUT2D eigenvalue weighted by molar-refractivity contribution is 6.00. The minimum Gasteiger partial charge on any atom is -0.398 e. The monoisotopic (exact) mass is 370 g/mol. The third kappa shape index (κ3) is 5.37. The average Bonchev–Trinajstić information content (AvgIpc) is 2.64. The SMILES string of the molecule is Nc1cc(F)ccc1C(=O)CCCN1CCC(O)(Cc2ccccc2)CC1. The maximum absolute atomic E-state index is 13.1. The smallest absolute Gasteiger partial charge is 0.164 e. The maximum Gasteiger partial charge on any atom is 0.164 e. The van der Waals surface area contributed by atoms with Crippen LogP contribution in [0.3, 0.4) is 0 Å². The van der Waals surface area contributed by atoms with Crippen LogP contribution in [0.15, 0.2) is 48.5 Å². The molecule has 1 aliphatic rings. The molecule has 0 atom stereocenters. The second-order valence-corrected chi connectivity index (χ2v) is 7.49. The van der Waals surface area contributed by atoms with Crippen LogP contribution < -0.4 is 5.73 Å². The van der Waals surface area contributed by atoms with E-state index in [0.717, 1.165) is 44.5 Å². The number of hydrogen-bond donors (Lipinski definition) is 2. The molecule has 5 heteroatoms. The van der Waals surface area contributed by atoms with Gasteiger partial charge < -0.3 is 15.7 Å². The van der Waals surface area contributed by atoms with Crippen molar-refractivity contribution in [2.75, 3.05) is 25.4 Å². The molecule has 1 fully saturated rings. The molecule has 2 aromatic carbocycles. The predicted octanol–water partition coefficient (Wildman–Crippen LogP) is 3.44. The van der Waals surface area contributed by atoms with Crippen LogP contribution in [-0.2, 0) is 6.42 Å². The highest BCUT2D eigenvalue weighted by Gasteiger charge is 2.32. The van der Waals surface area contributed by atoms with Gasteiger partial charge in [-0.15, -0.1) is 0 Å². The average molecular weight is 370 g/mol.